The molecule has 1 N–H and O–H groups in total. The van der Waals surface area contributed by atoms with Crippen LogP contribution in [-0.2, 0) is 6.54 Å². The van der Waals surface area contributed by atoms with Crippen LogP contribution in [0.15, 0.2) is 34.8 Å². The van der Waals surface area contributed by atoms with Gasteiger partial charge in [-0.15, -0.1) is 0 Å². The largest absolute Gasteiger partial charge is 0.310 e. The van der Waals surface area contributed by atoms with Crippen LogP contribution in [0, 0.1) is 17.5 Å². The van der Waals surface area contributed by atoms with Crippen LogP contribution in [0.2, 0.25) is 0 Å². The van der Waals surface area contributed by atoms with Crippen molar-refractivity contribution >= 4 is 15.9 Å². The minimum atomic E-state index is -0.791. The Morgan fingerprint density at radius 2 is 1.76 bits per heavy atom. The predicted octanol–water partition coefficient (Wildman–Crippen LogP) is 4.79. The van der Waals surface area contributed by atoms with Crippen molar-refractivity contribution in [3.8, 4) is 11.1 Å². The summed E-state index contributed by atoms with van der Waals surface area (Å²) in [6.45, 7) is 0.565. The highest BCUT2D eigenvalue weighted by molar-refractivity contribution is 9.10. The van der Waals surface area contributed by atoms with Crippen molar-refractivity contribution in [3.05, 3.63) is 57.8 Å². The van der Waals surface area contributed by atoms with E-state index in [9.17, 15) is 13.2 Å². The van der Waals surface area contributed by atoms with Gasteiger partial charge < -0.3 is 5.32 Å². The summed E-state index contributed by atoms with van der Waals surface area (Å²) in [6.07, 6.45) is 2.28. The molecule has 5 heteroatoms. The van der Waals surface area contributed by atoms with E-state index < -0.39 is 17.5 Å². The maximum atomic E-state index is 14.1. The molecule has 3 rings (SSSR count). The fourth-order valence-corrected chi connectivity index (χ4v) is 2.53. The number of rotatable bonds is 4. The van der Waals surface area contributed by atoms with E-state index in [4.69, 9.17) is 0 Å². The summed E-state index contributed by atoms with van der Waals surface area (Å²) in [6, 6.07) is 7.28. The van der Waals surface area contributed by atoms with Crippen molar-refractivity contribution in [2.75, 3.05) is 0 Å². The Balaban J connectivity index is 2.00. The van der Waals surface area contributed by atoms with E-state index >= 15 is 0 Å². The molecule has 0 spiro atoms. The third kappa shape index (κ3) is 3.14. The zero-order chi connectivity index (χ0) is 15.0. The molecule has 0 atom stereocenters. The monoisotopic (exact) mass is 355 g/mol. The van der Waals surface area contributed by atoms with Gasteiger partial charge in [0.1, 0.15) is 17.5 Å². The molecular formula is C16H13BrF3N. The molecule has 110 valence electrons. The van der Waals surface area contributed by atoms with Gasteiger partial charge in [0.15, 0.2) is 0 Å². The van der Waals surface area contributed by atoms with Crippen molar-refractivity contribution in [2.45, 2.75) is 25.4 Å². The molecule has 21 heavy (non-hydrogen) atoms. The lowest BCUT2D eigenvalue weighted by Gasteiger charge is -2.10. The van der Waals surface area contributed by atoms with E-state index in [2.05, 4.69) is 21.2 Å². The highest BCUT2D eigenvalue weighted by Crippen LogP contribution is 2.33. The van der Waals surface area contributed by atoms with E-state index in [1.807, 2.05) is 0 Å². The minimum Gasteiger partial charge on any atom is -0.310 e. The first kappa shape index (κ1) is 14.6. The van der Waals surface area contributed by atoms with Crippen LogP contribution in [0.1, 0.15) is 18.4 Å². The van der Waals surface area contributed by atoms with E-state index in [-0.39, 0.29) is 15.6 Å². The topological polar surface area (TPSA) is 12.0 Å². The minimum absolute atomic E-state index is 0.0543. The normalized spacial score (nSPS) is 14.5. The number of halogens is 4. The maximum absolute atomic E-state index is 14.1. The lowest BCUT2D eigenvalue weighted by atomic mass is 10.0. The molecule has 0 radical (unpaired) electrons. The Hall–Kier alpha value is -1.33. The fraction of sp³-hybridized carbons (Fsp3) is 0.250. The van der Waals surface area contributed by atoms with Crippen molar-refractivity contribution in [1.29, 1.82) is 0 Å². The van der Waals surface area contributed by atoms with Crippen LogP contribution in [0.4, 0.5) is 13.2 Å². The average Bonchev–Trinajstić information content (AvgIpc) is 3.28. The molecule has 0 aliphatic heterocycles. The summed E-state index contributed by atoms with van der Waals surface area (Å²) in [5, 5.41) is 3.29. The first-order valence-electron chi connectivity index (χ1n) is 6.72. The van der Waals surface area contributed by atoms with Crippen LogP contribution in [-0.4, -0.2) is 6.04 Å². The lowest BCUT2D eigenvalue weighted by Crippen LogP contribution is -2.15. The van der Waals surface area contributed by atoms with Gasteiger partial charge in [-0.05, 0) is 58.6 Å². The van der Waals surface area contributed by atoms with E-state index in [1.54, 1.807) is 6.07 Å². The molecule has 1 aliphatic rings. The third-order valence-corrected chi connectivity index (χ3v) is 4.13. The molecule has 1 aliphatic carbocycles. The molecule has 0 unspecified atom stereocenters. The Kier molecular flexibility index (Phi) is 4.04. The van der Waals surface area contributed by atoms with Crippen LogP contribution in [0.25, 0.3) is 11.1 Å². The Morgan fingerprint density at radius 3 is 2.48 bits per heavy atom. The third-order valence-electron chi connectivity index (χ3n) is 3.52. The molecule has 1 saturated carbocycles. The van der Waals surface area contributed by atoms with E-state index in [0.717, 1.165) is 24.5 Å². The number of benzene rings is 2. The van der Waals surface area contributed by atoms with Gasteiger partial charge in [0.25, 0.3) is 0 Å². The number of hydrogen-bond donors (Lipinski definition) is 1. The van der Waals surface area contributed by atoms with Crippen LogP contribution >= 0.6 is 15.9 Å². The summed E-state index contributed by atoms with van der Waals surface area (Å²) < 4.78 is 42.1. The quantitative estimate of drug-likeness (QED) is 0.777. The summed E-state index contributed by atoms with van der Waals surface area (Å²) in [5.41, 5.74) is 0.411. The molecule has 0 heterocycles. The molecule has 0 saturated heterocycles. The Bertz CT molecular complexity index is 683. The summed E-state index contributed by atoms with van der Waals surface area (Å²) in [4.78, 5) is 0. The second-order valence-corrected chi connectivity index (χ2v) is 6.04. The second-order valence-electron chi connectivity index (χ2n) is 5.19. The number of hydrogen-bond acceptors (Lipinski definition) is 1. The summed E-state index contributed by atoms with van der Waals surface area (Å²) in [5.74, 6) is -2.20. The highest BCUT2D eigenvalue weighted by Gasteiger charge is 2.21. The molecule has 2 aromatic carbocycles. The summed E-state index contributed by atoms with van der Waals surface area (Å²) in [7, 11) is 0. The van der Waals surface area contributed by atoms with E-state index in [0.29, 0.717) is 12.6 Å². The van der Waals surface area contributed by atoms with Gasteiger partial charge >= 0.3 is 0 Å². The Labute approximate surface area is 129 Å². The number of nitrogens with one attached hydrogen (secondary N) is 1. The van der Waals surface area contributed by atoms with Crippen molar-refractivity contribution in [3.63, 3.8) is 0 Å². The van der Waals surface area contributed by atoms with Gasteiger partial charge in [0.05, 0.1) is 10.0 Å². The van der Waals surface area contributed by atoms with Crippen molar-refractivity contribution in [1.82, 2.24) is 5.32 Å². The van der Waals surface area contributed by atoms with Crippen molar-refractivity contribution < 1.29 is 13.2 Å². The molecule has 1 fully saturated rings. The molecule has 0 amide bonds. The SMILES string of the molecule is Fc1ccc(CNC2CC2)cc1-c1c(F)ccc(Br)c1F. The van der Waals surface area contributed by atoms with Gasteiger partial charge in [0, 0.05) is 18.2 Å². The lowest BCUT2D eigenvalue weighted by molar-refractivity contribution is 0.578. The van der Waals surface area contributed by atoms with Crippen LogP contribution in [0.5, 0.6) is 0 Å². The van der Waals surface area contributed by atoms with Gasteiger partial charge in [0.2, 0.25) is 0 Å². The highest BCUT2D eigenvalue weighted by atomic mass is 79.9. The van der Waals surface area contributed by atoms with Crippen LogP contribution in [0.3, 0.4) is 0 Å². The van der Waals surface area contributed by atoms with Gasteiger partial charge in [-0.3, -0.25) is 0 Å². The molecule has 2 aromatic rings. The smallest absolute Gasteiger partial charge is 0.148 e. The zero-order valence-corrected chi connectivity index (χ0v) is 12.7. The zero-order valence-electron chi connectivity index (χ0n) is 11.1. The fourth-order valence-electron chi connectivity index (χ4n) is 2.20. The Morgan fingerprint density at radius 1 is 1.05 bits per heavy atom. The molecular weight excluding hydrogens is 343 g/mol. The molecule has 1 nitrogen and oxygen atoms in total. The average molecular weight is 356 g/mol. The first-order valence-corrected chi connectivity index (χ1v) is 7.51. The first-order chi connectivity index (χ1) is 10.1. The molecule has 0 aromatic heterocycles. The van der Waals surface area contributed by atoms with Gasteiger partial charge in [-0.1, -0.05) is 6.07 Å². The summed E-state index contributed by atoms with van der Waals surface area (Å²) >= 11 is 3.00. The van der Waals surface area contributed by atoms with Gasteiger partial charge in [-0.25, -0.2) is 13.2 Å². The molecule has 0 bridgehead atoms. The van der Waals surface area contributed by atoms with Crippen molar-refractivity contribution in [2.24, 2.45) is 0 Å². The predicted molar refractivity (Wildman–Crippen MR) is 79.3 cm³/mol. The standard InChI is InChI=1S/C16H13BrF3N/c17-12-4-6-14(19)15(16(12)20)11-7-9(1-5-13(11)18)8-21-10-2-3-10/h1,4-7,10,21H,2-3,8H2. The van der Waals surface area contributed by atoms with Crippen LogP contribution < -0.4 is 5.32 Å². The van der Waals surface area contributed by atoms with Gasteiger partial charge in [-0.2, -0.15) is 0 Å². The maximum Gasteiger partial charge on any atom is 0.148 e. The second kappa shape index (κ2) is 5.81. The van der Waals surface area contributed by atoms with E-state index in [1.165, 1.54) is 18.2 Å².